The number of esters is 2. The summed E-state index contributed by atoms with van der Waals surface area (Å²) in [4.78, 5) is 35.0. The van der Waals surface area contributed by atoms with Crippen LogP contribution in [0, 0.1) is 0 Å². The van der Waals surface area contributed by atoms with E-state index in [0.717, 1.165) is 38.5 Å². The smallest absolute Gasteiger partial charge is 0.462 e. The second kappa shape index (κ2) is 39.9. The Kier molecular flexibility index (Phi) is 39.0. The van der Waals surface area contributed by atoms with Crippen LogP contribution in [0.1, 0.15) is 213 Å². The van der Waals surface area contributed by atoms with Crippen LogP contribution in [-0.4, -0.2) is 65.7 Å². The number of phosphoric acid groups is 1. The topological polar surface area (TPSA) is 149 Å². The van der Waals surface area contributed by atoms with E-state index in [-0.39, 0.29) is 19.4 Å². The lowest BCUT2D eigenvalue weighted by molar-refractivity contribution is -0.161. The zero-order valence-corrected chi connectivity index (χ0v) is 35.6. The van der Waals surface area contributed by atoms with E-state index < -0.39 is 51.8 Å². The van der Waals surface area contributed by atoms with Crippen molar-refractivity contribution in [3.05, 3.63) is 12.2 Å². The first-order valence-corrected chi connectivity index (χ1v) is 23.6. The van der Waals surface area contributed by atoms with Crippen molar-refractivity contribution in [3.8, 4) is 0 Å². The molecule has 0 aliphatic rings. The quantitative estimate of drug-likeness (QED) is 0.0236. The van der Waals surface area contributed by atoms with Crippen LogP contribution in [0.25, 0.3) is 0 Å². The van der Waals surface area contributed by atoms with Crippen LogP contribution in [0.2, 0.25) is 0 Å². The summed E-state index contributed by atoms with van der Waals surface area (Å²) in [6, 6.07) is 0. The number of hydrogen-bond acceptors (Lipinski definition) is 9. The van der Waals surface area contributed by atoms with E-state index >= 15 is 0 Å². The van der Waals surface area contributed by atoms with E-state index in [0.29, 0.717) is 12.8 Å². The molecule has 3 atom stereocenters. The van der Waals surface area contributed by atoms with Gasteiger partial charge in [-0.2, -0.15) is 0 Å². The molecule has 0 aromatic rings. The van der Waals surface area contributed by atoms with Gasteiger partial charge in [-0.3, -0.25) is 18.6 Å². The number of carbonyl (C=O) groups excluding carboxylic acids is 2. The third kappa shape index (κ3) is 39.0. The second-order valence-corrected chi connectivity index (χ2v) is 16.5. The summed E-state index contributed by atoms with van der Waals surface area (Å²) in [5, 5.41) is 18.3. The van der Waals surface area contributed by atoms with E-state index in [1.165, 1.54) is 135 Å². The minimum atomic E-state index is -4.61. The van der Waals surface area contributed by atoms with Gasteiger partial charge in [0.2, 0.25) is 0 Å². The molecular weight excluding hydrogens is 707 g/mol. The average Bonchev–Trinajstić information content (AvgIpc) is 3.16. The lowest BCUT2D eigenvalue weighted by atomic mass is 10.0. The van der Waals surface area contributed by atoms with Gasteiger partial charge in [-0.15, -0.1) is 0 Å². The van der Waals surface area contributed by atoms with Gasteiger partial charge in [-0.1, -0.05) is 174 Å². The van der Waals surface area contributed by atoms with Gasteiger partial charge < -0.3 is 24.6 Å². The Morgan fingerprint density at radius 1 is 0.537 bits per heavy atom. The van der Waals surface area contributed by atoms with Crippen molar-refractivity contribution in [2.45, 2.75) is 225 Å². The summed E-state index contributed by atoms with van der Waals surface area (Å²) < 4.78 is 32.7. The molecule has 0 aromatic heterocycles. The fourth-order valence-corrected chi connectivity index (χ4v) is 7.01. The Morgan fingerprint density at radius 3 is 1.37 bits per heavy atom. The number of ether oxygens (including phenoxy) is 2. The summed E-state index contributed by atoms with van der Waals surface area (Å²) in [5.74, 6) is -0.939. The molecule has 320 valence electrons. The molecule has 0 aliphatic heterocycles. The van der Waals surface area contributed by atoms with E-state index in [2.05, 4.69) is 30.5 Å². The standard InChI is InChI=1S/C43H83O10P/c1-3-5-7-9-11-13-15-17-19-21-23-25-27-29-31-33-35-43(47)53-41(39-52-54(48,49)51-37-40(45)36-44)38-50-42(46)34-32-30-28-26-24-22-20-18-16-14-12-10-8-6-4-2/h24,26,40-41,44-45H,3-23,25,27-39H2,1-2H3,(H,48,49)/b26-24+/t40-,41+/m0/s1. The minimum absolute atomic E-state index is 0.186. The van der Waals surface area contributed by atoms with E-state index in [4.69, 9.17) is 19.1 Å². The SMILES string of the molecule is CCCCCCCCCCC/C=C/CCCCC(=O)OC[C@H](COP(=O)(O)OC[C@@H](O)CO)OC(=O)CCCCCCCCCCCCCCCCCC. The van der Waals surface area contributed by atoms with Gasteiger partial charge in [-0.25, -0.2) is 4.57 Å². The number of hydrogen-bond donors (Lipinski definition) is 3. The van der Waals surface area contributed by atoms with Crippen molar-refractivity contribution in [1.82, 2.24) is 0 Å². The number of carbonyl (C=O) groups is 2. The third-order valence-electron chi connectivity index (χ3n) is 9.67. The van der Waals surface area contributed by atoms with Crippen molar-refractivity contribution in [2.24, 2.45) is 0 Å². The Bertz CT molecular complexity index is 915. The van der Waals surface area contributed by atoms with Gasteiger partial charge in [0.25, 0.3) is 0 Å². The van der Waals surface area contributed by atoms with Crippen molar-refractivity contribution >= 4 is 19.8 Å². The lowest BCUT2D eigenvalue weighted by Crippen LogP contribution is -2.29. The van der Waals surface area contributed by atoms with Crippen LogP contribution >= 0.6 is 7.82 Å². The third-order valence-corrected chi connectivity index (χ3v) is 10.6. The highest BCUT2D eigenvalue weighted by molar-refractivity contribution is 7.47. The fraction of sp³-hybridized carbons (Fsp3) is 0.907. The number of unbranched alkanes of at least 4 members (excludes halogenated alkanes) is 26. The van der Waals surface area contributed by atoms with Crippen molar-refractivity contribution in [3.63, 3.8) is 0 Å². The molecule has 0 heterocycles. The molecule has 0 bridgehead atoms. The van der Waals surface area contributed by atoms with Gasteiger partial charge in [0, 0.05) is 12.8 Å². The van der Waals surface area contributed by atoms with Gasteiger partial charge in [0.1, 0.15) is 12.7 Å². The average molecular weight is 791 g/mol. The van der Waals surface area contributed by atoms with Crippen molar-refractivity contribution in [2.75, 3.05) is 26.4 Å². The summed E-state index contributed by atoms with van der Waals surface area (Å²) in [6.07, 6.45) is 37.5. The number of phosphoric ester groups is 1. The van der Waals surface area contributed by atoms with E-state index in [1.54, 1.807) is 0 Å². The molecule has 0 amide bonds. The van der Waals surface area contributed by atoms with Crippen LogP contribution < -0.4 is 0 Å². The molecule has 11 heteroatoms. The molecule has 0 saturated carbocycles. The lowest BCUT2D eigenvalue weighted by Gasteiger charge is -2.20. The van der Waals surface area contributed by atoms with Crippen molar-refractivity contribution < 1.29 is 47.8 Å². The monoisotopic (exact) mass is 791 g/mol. The predicted octanol–water partition coefficient (Wildman–Crippen LogP) is 11.6. The van der Waals surface area contributed by atoms with Crippen molar-refractivity contribution in [1.29, 1.82) is 0 Å². The molecule has 0 aromatic carbocycles. The normalized spacial score (nSPS) is 13.9. The fourth-order valence-electron chi connectivity index (χ4n) is 6.22. The number of aliphatic hydroxyl groups excluding tert-OH is 2. The molecule has 10 nitrogen and oxygen atoms in total. The molecule has 1 unspecified atom stereocenters. The number of allylic oxidation sites excluding steroid dienone is 2. The molecule has 54 heavy (non-hydrogen) atoms. The van der Waals surface area contributed by atoms with Crippen LogP contribution in [0.15, 0.2) is 12.2 Å². The zero-order valence-electron chi connectivity index (χ0n) is 34.7. The Morgan fingerprint density at radius 2 is 0.907 bits per heavy atom. The van der Waals surface area contributed by atoms with Crippen LogP contribution in [0.5, 0.6) is 0 Å². The Balaban J connectivity index is 4.28. The molecule has 0 aliphatic carbocycles. The minimum Gasteiger partial charge on any atom is -0.462 e. The maximum Gasteiger partial charge on any atom is 0.472 e. The summed E-state index contributed by atoms with van der Waals surface area (Å²) in [5.41, 5.74) is 0. The molecule has 0 fully saturated rings. The number of rotatable bonds is 42. The second-order valence-electron chi connectivity index (χ2n) is 15.1. The predicted molar refractivity (Wildman–Crippen MR) is 219 cm³/mol. The van der Waals surface area contributed by atoms with Crippen LogP contribution in [0.4, 0.5) is 0 Å². The van der Waals surface area contributed by atoms with Crippen LogP contribution in [0.3, 0.4) is 0 Å². The largest absolute Gasteiger partial charge is 0.472 e. The van der Waals surface area contributed by atoms with Gasteiger partial charge in [0.05, 0.1) is 19.8 Å². The maximum atomic E-state index is 12.6. The highest BCUT2D eigenvalue weighted by atomic mass is 31.2. The van der Waals surface area contributed by atoms with Gasteiger partial charge in [-0.05, 0) is 38.5 Å². The Labute approximate surface area is 330 Å². The molecule has 0 rings (SSSR count). The summed E-state index contributed by atoms with van der Waals surface area (Å²) in [7, 11) is -4.61. The summed E-state index contributed by atoms with van der Waals surface area (Å²) in [6.45, 7) is 2.39. The molecule has 0 saturated heterocycles. The Hall–Kier alpha value is -1.29. The van der Waals surface area contributed by atoms with Crippen LogP contribution in [-0.2, 0) is 32.7 Å². The molecule has 0 spiro atoms. The first kappa shape index (κ1) is 52.7. The first-order chi connectivity index (χ1) is 26.2. The highest BCUT2D eigenvalue weighted by Crippen LogP contribution is 2.43. The summed E-state index contributed by atoms with van der Waals surface area (Å²) >= 11 is 0. The molecular formula is C43H83O10P. The van der Waals surface area contributed by atoms with Gasteiger partial charge in [0.15, 0.2) is 6.10 Å². The van der Waals surface area contributed by atoms with E-state index in [1.807, 2.05) is 0 Å². The number of aliphatic hydroxyl groups is 2. The molecule has 3 N–H and O–H groups in total. The molecule has 0 radical (unpaired) electrons. The first-order valence-electron chi connectivity index (χ1n) is 22.1. The highest BCUT2D eigenvalue weighted by Gasteiger charge is 2.27. The van der Waals surface area contributed by atoms with E-state index in [9.17, 15) is 24.2 Å². The zero-order chi connectivity index (χ0) is 39.8. The van der Waals surface area contributed by atoms with Gasteiger partial charge >= 0.3 is 19.8 Å². The maximum absolute atomic E-state index is 12.6.